The van der Waals surface area contributed by atoms with Gasteiger partial charge in [0.05, 0.1) is 12.7 Å². The summed E-state index contributed by atoms with van der Waals surface area (Å²) in [5.41, 5.74) is -0.407. The number of nitrogens with zero attached hydrogens (tertiary/aromatic N) is 2. The number of amides is 1. The van der Waals surface area contributed by atoms with Gasteiger partial charge in [0, 0.05) is 32.7 Å². The van der Waals surface area contributed by atoms with Crippen molar-refractivity contribution in [3.63, 3.8) is 0 Å². The van der Waals surface area contributed by atoms with Crippen molar-refractivity contribution < 1.29 is 14.3 Å². The smallest absolute Gasteiger partial charge is 0.410 e. The van der Waals surface area contributed by atoms with Gasteiger partial charge in [-0.2, -0.15) is 0 Å². The molecule has 0 bridgehead atoms. The van der Waals surface area contributed by atoms with Crippen LogP contribution in [0, 0.1) is 0 Å². The monoisotopic (exact) mass is 242 g/mol. The molecule has 0 aromatic rings. The average molecular weight is 242 g/mol. The van der Waals surface area contributed by atoms with Gasteiger partial charge in [-0.3, -0.25) is 4.90 Å². The van der Waals surface area contributed by atoms with E-state index in [9.17, 15) is 4.79 Å². The van der Waals surface area contributed by atoms with Gasteiger partial charge in [-0.1, -0.05) is 0 Å². The van der Waals surface area contributed by atoms with Crippen LogP contribution in [0.1, 0.15) is 20.8 Å². The average Bonchev–Trinajstić information content (AvgIpc) is 3.00. The van der Waals surface area contributed by atoms with Crippen molar-refractivity contribution in [1.29, 1.82) is 0 Å². The quantitative estimate of drug-likeness (QED) is 0.676. The molecule has 1 unspecified atom stereocenters. The van der Waals surface area contributed by atoms with E-state index in [1.807, 2.05) is 20.8 Å². The molecule has 0 radical (unpaired) electrons. The number of ether oxygens (including phenoxy) is 2. The van der Waals surface area contributed by atoms with Crippen LogP contribution in [0.25, 0.3) is 0 Å². The zero-order chi connectivity index (χ0) is 12.5. The Morgan fingerprint density at radius 3 is 2.35 bits per heavy atom. The Morgan fingerprint density at radius 1 is 1.29 bits per heavy atom. The number of hydrogen-bond acceptors (Lipinski definition) is 4. The Hall–Kier alpha value is -0.810. The molecule has 2 saturated heterocycles. The molecule has 5 heteroatoms. The van der Waals surface area contributed by atoms with Crippen LogP contribution in [-0.2, 0) is 9.47 Å². The zero-order valence-electron chi connectivity index (χ0n) is 10.9. The number of rotatable bonds is 2. The third-order valence-electron chi connectivity index (χ3n) is 2.89. The molecule has 98 valence electrons. The molecule has 0 N–H and O–H groups in total. The summed E-state index contributed by atoms with van der Waals surface area (Å²) in [6.45, 7) is 10.9. The van der Waals surface area contributed by atoms with Crippen LogP contribution in [0.5, 0.6) is 0 Å². The van der Waals surface area contributed by atoms with Crippen LogP contribution in [0.2, 0.25) is 0 Å². The fourth-order valence-electron chi connectivity index (χ4n) is 1.90. The maximum atomic E-state index is 11.8. The number of piperazine rings is 1. The summed E-state index contributed by atoms with van der Waals surface area (Å²) in [6.07, 6.45) is 0.239. The first-order valence-electron chi connectivity index (χ1n) is 6.26. The summed E-state index contributed by atoms with van der Waals surface area (Å²) in [5.74, 6) is 0. The normalized spacial score (nSPS) is 25.8. The van der Waals surface area contributed by atoms with Gasteiger partial charge < -0.3 is 14.4 Å². The van der Waals surface area contributed by atoms with Crippen molar-refractivity contribution in [2.24, 2.45) is 0 Å². The van der Waals surface area contributed by atoms with Crippen LogP contribution < -0.4 is 0 Å². The topological polar surface area (TPSA) is 45.3 Å². The lowest BCUT2D eigenvalue weighted by molar-refractivity contribution is 0.0141. The molecule has 0 spiro atoms. The zero-order valence-corrected chi connectivity index (χ0v) is 10.9. The fraction of sp³-hybridized carbons (Fsp3) is 0.917. The molecule has 0 saturated carbocycles. The third-order valence-corrected chi connectivity index (χ3v) is 2.89. The molecule has 17 heavy (non-hydrogen) atoms. The van der Waals surface area contributed by atoms with Crippen molar-refractivity contribution in [3.8, 4) is 0 Å². The Kier molecular flexibility index (Phi) is 3.58. The van der Waals surface area contributed by atoms with Gasteiger partial charge in [0.1, 0.15) is 5.60 Å². The van der Waals surface area contributed by atoms with Gasteiger partial charge in [0.2, 0.25) is 0 Å². The second kappa shape index (κ2) is 4.82. The Labute approximate surface area is 103 Å². The fourth-order valence-corrected chi connectivity index (χ4v) is 1.90. The van der Waals surface area contributed by atoms with Gasteiger partial charge in [-0.05, 0) is 20.8 Å². The highest BCUT2D eigenvalue weighted by Crippen LogP contribution is 2.14. The van der Waals surface area contributed by atoms with E-state index in [4.69, 9.17) is 9.47 Å². The van der Waals surface area contributed by atoms with Crippen molar-refractivity contribution in [1.82, 2.24) is 9.80 Å². The lowest BCUT2D eigenvalue weighted by Crippen LogP contribution is -2.50. The van der Waals surface area contributed by atoms with E-state index in [1.54, 1.807) is 4.90 Å². The van der Waals surface area contributed by atoms with Gasteiger partial charge in [0.15, 0.2) is 0 Å². The number of carbonyl (C=O) groups is 1. The van der Waals surface area contributed by atoms with Gasteiger partial charge >= 0.3 is 6.09 Å². The predicted octanol–water partition coefficient (Wildman–Crippen LogP) is 0.938. The second-order valence-electron chi connectivity index (χ2n) is 5.72. The first-order valence-corrected chi connectivity index (χ1v) is 6.26. The molecule has 5 nitrogen and oxygen atoms in total. The van der Waals surface area contributed by atoms with Crippen LogP contribution in [0.3, 0.4) is 0 Å². The molecule has 2 heterocycles. The summed E-state index contributed by atoms with van der Waals surface area (Å²) >= 11 is 0. The molecule has 2 rings (SSSR count). The van der Waals surface area contributed by atoms with Crippen molar-refractivity contribution >= 4 is 6.09 Å². The SMILES string of the molecule is CC(C)(C)OC(=O)N1CCN(CC2CO2)CC1. The van der Waals surface area contributed by atoms with Gasteiger partial charge in [-0.25, -0.2) is 4.79 Å². The molecule has 2 aliphatic rings. The van der Waals surface area contributed by atoms with E-state index < -0.39 is 5.60 Å². The second-order valence-corrected chi connectivity index (χ2v) is 5.72. The molecular formula is C12H22N2O3. The van der Waals surface area contributed by atoms with Crippen LogP contribution in [0.15, 0.2) is 0 Å². The van der Waals surface area contributed by atoms with E-state index >= 15 is 0 Å². The van der Waals surface area contributed by atoms with E-state index in [1.165, 1.54) is 0 Å². The number of hydrogen-bond donors (Lipinski definition) is 0. The minimum atomic E-state index is -0.407. The summed E-state index contributed by atoms with van der Waals surface area (Å²) < 4.78 is 10.6. The predicted molar refractivity (Wildman–Crippen MR) is 64.0 cm³/mol. The summed E-state index contributed by atoms with van der Waals surface area (Å²) in [6, 6.07) is 0. The molecule has 0 aliphatic carbocycles. The lowest BCUT2D eigenvalue weighted by atomic mass is 10.2. The maximum Gasteiger partial charge on any atom is 0.410 e. The first-order chi connectivity index (χ1) is 7.94. The maximum absolute atomic E-state index is 11.8. The standard InChI is InChI=1S/C12H22N2O3/c1-12(2,3)17-11(15)14-6-4-13(5-7-14)8-10-9-16-10/h10H,4-9H2,1-3H3. The van der Waals surface area contributed by atoms with Crippen molar-refractivity contribution in [3.05, 3.63) is 0 Å². The van der Waals surface area contributed by atoms with E-state index in [2.05, 4.69) is 4.90 Å². The van der Waals surface area contributed by atoms with E-state index in [0.717, 1.165) is 39.3 Å². The minimum Gasteiger partial charge on any atom is -0.444 e. The number of carbonyl (C=O) groups excluding carboxylic acids is 1. The highest BCUT2D eigenvalue weighted by atomic mass is 16.6. The molecule has 0 aromatic carbocycles. The molecule has 1 amide bonds. The molecular weight excluding hydrogens is 220 g/mol. The Bertz CT molecular complexity index is 276. The van der Waals surface area contributed by atoms with E-state index in [0.29, 0.717) is 6.10 Å². The lowest BCUT2D eigenvalue weighted by Gasteiger charge is -2.35. The largest absolute Gasteiger partial charge is 0.444 e. The van der Waals surface area contributed by atoms with Crippen LogP contribution in [-0.4, -0.2) is 66.9 Å². The summed E-state index contributed by atoms with van der Waals surface area (Å²) in [4.78, 5) is 15.9. The summed E-state index contributed by atoms with van der Waals surface area (Å²) in [7, 11) is 0. The number of epoxide rings is 1. The molecule has 2 fully saturated rings. The highest BCUT2D eigenvalue weighted by Gasteiger charge is 2.29. The molecule has 2 aliphatic heterocycles. The van der Waals surface area contributed by atoms with Crippen LogP contribution >= 0.6 is 0 Å². The molecule has 0 aromatic heterocycles. The van der Waals surface area contributed by atoms with E-state index in [-0.39, 0.29) is 6.09 Å². The van der Waals surface area contributed by atoms with Crippen molar-refractivity contribution in [2.45, 2.75) is 32.5 Å². The van der Waals surface area contributed by atoms with Crippen LogP contribution in [0.4, 0.5) is 4.79 Å². The molecule has 1 atom stereocenters. The highest BCUT2D eigenvalue weighted by molar-refractivity contribution is 5.68. The third kappa shape index (κ3) is 4.16. The van der Waals surface area contributed by atoms with Gasteiger partial charge in [0.25, 0.3) is 0 Å². The Balaban J connectivity index is 1.72. The first kappa shape index (κ1) is 12.6. The van der Waals surface area contributed by atoms with Crippen molar-refractivity contribution in [2.75, 3.05) is 39.3 Å². The summed E-state index contributed by atoms with van der Waals surface area (Å²) in [5, 5.41) is 0. The Morgan fingerprint density at radius 2 is 1.88 bits per heavy atom. The minimum absolute atomic E-state index is 0.195. The van der Waals surface area contributed by atoms with Gasteiger partial charge in [-0.15, -0.1) is 0 Å².